The predicted octanol–water partition coefficient (Wildman–Crippen LogP) is 4.31. The van der Waals surface area contributed by atoms with Gasteiger partial charge < -0.3 is 24.8 Å². The highest BCUT2D eigenvalue weighted by Gasteiger charge is 2.57. The summed E-state index contributed by atoms with van der Waals surface area (Å²) in [5.41, 5.74) is 4.03. The van der Waals surface area contributed by atoms with E-state index < -0.39 is 52.6 Å². The Bertz CT molecular complexity index is 1620. The number of esters is 1. The van der Waals surface area contributed by atoms with Gasteiger partial charge in [-0.3, -0.25) is 5.32 Å². The number of alkyl halides is 3. The molecule has 3 aromatic rings. The summed E-state index contributed by atoms with van der Waals surface area (Å²) in [6.07, 6.45) is -4.72. The summed E-state index contributed by atoms with van der Waals surface area (Å²) < 4.78 is 86.4. The number of aromatic nitrogens is 2. The highest BCUT2D eigenvalue weighted by Crippen LogP contribution is 2.48. The number of hydrogen-bond acceptors (Lipinski definition) is 9. The minimum absolute atomic E-state index is 0.0147. The molecule has 14 heteroatoms. The standard InChI is InChI=1S/C27H26F5N5O4/c1-10-11(2)34-23-18-17(10)19(29)20(14-7-13(33)8-15(28)22(14)41-27(30,31)32)35-24(18)40-12(3)21-16-5-6-26(36-16,9-37(21)23)25(38)39-4/h7-8,12,16,21,36H,5-6,9,33H2,1-4H3. The van der Waals surface area contributed by atoms with Gasteiger partial charge in [-0.05, 0) is 45.2 Å². The number of carbonyl (C=O) groups excluding carboxylic acids is 1. The number of nitrogens with two attached hydrogens (primary N) is 1. The largest absolute Gasteiger partial charge is 0.573 e. The van der Waals surface area contributed by atoms with Crippen LogP contribution in [0.5, 0.6) is 11.6 Å². The van der Waals surface area contributed by atoms with E-state index in [2.05, 4.69) is 15.0 Å². The zero-order valence-corrected chi connectivity index (χ0v) is 22.4. The Kier molecular flexibility index (Phi) is 6.00. The fraction of sp³-hybridized carbons (Fsp3) is 0.444. The number of nitrogens with one attached hydrogen (secondary N) is 1. The van der Waals surface area contributed by atoms with Crippen LogP contribution in [-0.4, -0.2) is 59.7 Å². The van der Waals surface area contributed by atoms with Crippen molar-refractivity contribution in [3.05, 3.63) is 35.0 Å². The van der Waals surface area contributed by atoms with Gasteiger partial charge in [-0.25, -0.2) is 23.5 Å². The molecular weight excluding hydrogens is 553 g/mol. The molecular formula is C27H26F5N5O4. The summed E-state index contributed by atoms with van der Waals surface area (Å²) in [7, 11) is 1.31. The van der Waals surface area contributed by atoms with Gasteiger partial charge in [0.1, 0.15) is 23.2 Å². The molecule has 1 aromatic carbocycles. The van der Waals surface area contributed by atoms with Crippen molar-refractivity contribution in [3.63, 3.8) is 0 Å². The van der Waals surface area contributed by atoms with E-state index in [1.54, 1.807) is 20.8 Å². The van der Waals surface area contributed by atoms with E-state index in [0.717, 1.165) is 6.07 Å². The van der Waals surface area contributed by atoms with Gasteiger partial charge in [0.15, 0.2) is 17.4 Å². The minimum atomic E-state index is -5.27. The van der Waals surface area contributed by atoms with Crippen LogP contribution in [0.2, 0.25) is 0 Å². The van der Waals surface area contributed by atoms with Crippen molar-refractivity contribution in [2.24, 2.45) is 0 Å². The van der Waals surface area contributed by atoms with Crippen LogP contribution in [-0.2, 0) is 9.53 Å². The lowest BCUT2D eigenvalue weighted by Crippen LogP contribution is -2.70. The normalized spacial score (nSPS) is 25.0. The van der Waals surface area contributed by atoms with Crippen molar-refractivity contribution in [2.75, 3.05) is 24.3 Å². The second-order valence-corrected chi connectivity index (χ2v) is 10.7. The molecule has 4 atom stereocenters. The van der Waals surface area contributed by atoms with Crippen molar-refractivity contribution in [1.29, 1.82) is 0 Å². The van der Waals surface area contributed by atoms with Crippen LogP contribution >= 0.6 is 0 Å². The molecule has 5 heterocycles. The zero-order valence-electron chi connectivity index (χ0n) is 22.4. The molecule has 0 radical (unpaired) electrons. The van der Waals surface area contributed by atoms with Crippen LogP contribution in [0.15, 0.2) is 12.1 Å². The summed E-state index contributed by atoms with van der Waals surface area (Å²) in [6, 6.07) is 1.03. The Hall–Kier alpha value is -3.94. The van der Waals surface area contributed by atoms with Gasteiger partial charge in [-0.2, -0.15) is 0 Å². The molecule has 6 rings (SSSR count). The maximum absolute atomic E-state index is 16.5. The molecule has 3 aliphatic heterocycles. The van der Waals surface area contributed by atoms with Crippen molar-refractivity contribution >= 4 is 28.2 Å². The fourth-order valence-electron chi connectivity index (χ4n) is 6.42. The lowest BCUT2D eigenvalue weighted by atomic mass is 9.94. The van der Waals surface area contributed by atoms with Crippen molar-refractivity contribution in [2.45, 2.75) is 63.7 Å². The Morgan fingerprint density at radius 3 is 2.63 bits per heavy atom. The van der Waals surface area contributed by atoms with Crippen LogP contribution in [0.25, 0.3) is 22.0 Å². The summed E-state index contributed by atoms with van der Waals surface area (Å²) >= 11 is 0. The van der Waals surface area contributed by atoms with E-state index >= 15 is 4.39 Å². The Labute approximate surface area is 230 Å². The average molecular weight is 580 g/mol. The highest BCUT2D eigenvalue weighted by molar-refractivity contribution is 6.02. The first-order valence-corrected chi connectivity index (χ1v) is 12.9. The van der Waals surface area contributed by atoms with Gasteiger partial charge in [0.25, 0.3) is 0 Å². The molecule has 9 nitrogen and oxygen atoms in total. The molecule has 41 heavy (non-hydrogen) atoms. The molecule has 4 unspecified atom stereocenters. The molecule has 2 fully saturated rings. The van der Waals surface area contributed by atoms with Gasteiger partial charge in [0.2, 0.25) is 5.88 Å². The lowest BCUT2D eigenvalue weighted by Gasteiger charge is -2.46. The second kappa shape index (κ2) is 9.03. The average Bonchev–Trinajstić information content (AvgIpc) is 3.19. The molecule has 2 saturated heterocycles. The van der Waals surface area contributed by atoms with Gasteiger partial charge in [-0.1, -0.05) is 0 Å². The number of nitrogen functional groups attached to an aromatic ring is 1. The van der Waals surface area contributed by atoms with E-state index in [9.17, 15) is 22.4 Å². The first-order valence-electron chi connectivity index (χ1n) is 12.9. The third-order valence-electron chi connectivity index (χ3n) is 8.24. The van der Waals surface area contributed by atoms with Gasteiger partial charge in [-0.15, -0.1) is 13.2 Å². The van der Waals surface area contributed by atoms with Crippen LogP contribution in [0.3, 0.4) is 0 Å². The fourth-order valence-corrected chi connectivity index (χ4v) is 6.42. The lowest BCUT2D eigenvalue weighted by molar-refractivity contribution is -0.275. The van der Waals surface area contributed by atoms with Crippen molar-refractivity contribution < 1.29 is 41.0 Å². The number of anilines is 2. The molecule has 3 N–H and O–H groups in total. The second-order valence-electron chi connectivity index (χ2n) is 10.7. The number of halogens is 5. The molecule has 0 aliphatic carbocycles. The zero-order chi connectivity index (χ0) is 29.6. The first kappa shape index (κ1) is 27.2. The molecule has 218 valence electrons. The third-order valence-corrected chi connectivity index (χ3v) is 8.24. The predicted molar refractivity (Wildman–Crippen MR) is 138 cm³/mol. The van der Waals surface area contributed by atoms with Crippen LogP contribution in [0.1, 0.15) is 31.0 Å². The van der Waals surface area contributed by atoms with Crippen LogP contribution in [0.4, 0.5) is 33.5 Å². The topological polar surface area (TPSA) is 112 Å². The van der Waals surface area contributed by atoms with Crippen molar-refractivity contribution in [3.8, 4) is 22.9 Å². The molecule has 0 saturated carbocycles. The third kappa shape index (κ3) is 4.10. The number of carbonyl (C=O) groups is 1. The monoisotopic (exact) mass is 579 g/mol. The van der Waals surface area contributed by atoms with Crippen LogP contribution < -0.4 is 25.4 Å². The number of methoxy groups -OCH3 is 1. The first-order chi connectivity index (χ1) is 19.2. The number of pyridine rings is 2. The molecule has 2 aromatic heterocycles. The molecule has 0 spiro atoms. The SMILES string of the molecule is COC(=O)C12CCC(N1)C1C(C)Oc3nc(-c4cc(N)cc(F)c4OC(F)(F)F)c(F)c4c(C)c(C)nc(c34)N1C2. The summed E-state index contributed by atoms with van der Waals surface area (Å²) in [4.78, 5) is 23.8. The van der Waals surface area contributed by atoms with Gasteiger partial charge in [0.05, 0.1) is 24.1 Å². The summed E-state index contributed by atoms with van der Waals surface area (Å²) in [5.74, 6) is -3.95. The van der Waals surface area contributed by atoms with Gasteiger partial charge >= 0.3 is 12.3 Å². The number of piperazine rings is 1. The molecule has 2 bridgehead atoms. The number of hydrogen-bond donors (Lipinski definition) is 2. The van der Waals surface area contributed by atoms with E-state index in [-0.39, 0.29) is 41.0 Å². The van der Waals surface area contributed by atoms with Crippen molar-refractivity contribution in [1.82, 2.24) is 15.3 Å². The quantitative estimate of drug-likeness (QED) is 0.267. The van der Waals surface area contributed by atoms with E-state index in [1.807, 2.05) is 4.90 Å². The molecule has 0 amide bonds. The van der Waals surface area contributed by atoms with E-state index in [0.29, 0.717) is 36.0 Å². The Morgan fingerprint density at radius 1 is 1.22 bits per heavy atom. The maximum atomic E-state index is 16.5. The highest BCUT2D eigenvalue weighted by atomic mass is 19.4. The Balaban J connectivity index is 1.63. The summed E-state index contributed by atoms with van der Waals surface area (Å²) in [5, 5.41) is 3.56. The maximum Gasteiger partial charge on any atom is 0.573 e. The smallest absolute Gasteiger partial charge is 0.472 e. The number of benzene rings is 1. The number of fused-ring (bicyclic) bond motifs is 5. The summed E-state index contributed by atoms with van der Waals surface area (Å²) in [6.45, 7) is 5.21. The minimum Gasteiger partial charge on any atom is -0.472 e. The van der Waals surface area contributed by atoms with E-state index in [1.165, 1.54) is 7.11 Å². The van der Waals surface area contributed by atoms with E-state index in [4.69, 9.17) is 20.2 Å². The number of ether oxygens (including phenoxy) is 3. The molecule has 3 aliphatic rings. The number of nitrogens with zero attached hydrogens (tertiary/aromatic N) is 3. The van der Waals surface area contributed by atoms with Gasteiger partial charge in [0, 0.05) is 35.4 Å². The Morgan fingerprint density at radius 2 is 1.95 bits per heavy atom. The van der Waals surface area contributed by atoms with Crippen LogP contribution in [0, 0.1) is 25.5 Å². The number of rotatable bonds is 3. The number of aryl methyl sites for hydroxylation is 2.